The molecular formula is C60H90Fe2N2O7P2. The van der Waals surface area contributed by atoms with E-state index in [9.17, 15) is 4.79 Å². The first-order chi connectivity index (χ1) is 34.0. The number of amides is 1. The maximum absolute atomic E-state index is 10.5. The molecule has 408 valence electrons. The minimum Gasteiger partial charge on any atom is -0.481 e. The number of benzene rings is 4. The van der Waals surface area contributed by atoms with E-state index in [1.807, 2.05) is 0 Å². The molecule has 4 aromatic rings. The summed E-state index contributed by atoms with van der Waals surface area (Å²) in [5.41, 5.74) is 7.14. The fraction of sp³-hybridized carbons (Fsp3) is 0.533. The maximum Gasteiger partial charge on any atom is 0.300 e. The van der Waals surface area contributed by atoms with Gasteiger partial charge in [0.25, 0.3) is 17.9 Å². The fourth-order valence-corrected chi connectivity index (χ4v) is 17.0. The number of aliphatic carboxylic acids is 3. The Labute approximate surface area is 464 Å². The average molecular weight is 1130 g/mol. The van der Waals surface area contributed by atoms with Crippen LogP contribution < -0.4 is 32.3 Å². The maximum atomic E-state index is 10.5. The summed E-state index contributed by atoms with van der Waals surface area (Å²) in [5, 5.41) is 31.3. The Bertz CT molecular complexity index is 1800. The first-order valence-electron chi connectivity index (χ1n) is 26.3. The van der Waals surface area contributed by atoms with Gasteiger partial charge in [-0.2, -0.15) is 0 Å². The van der Waals surface area contributed by atoms with Crippen molar-refractivity contribution in [3.63, 3.8) is 0 Å². The van der Waals surface area contributed by atoms with E-state index in [0.29, 0.717) is 0 Å². The number of hydrogen-bond acceptors (Lipinski definition) is 5. The van der Waals surface area contributed by atoms with Crippen molar-refractivity contribution in [1.29, 1.82) is 0 Å². The van der Waals surface area contributed by atoms with Gasteiger partial charge in [-0.15, -0.1) is 0 Å². The Kier molecular flexibility index (Phi) is 39.0. The van der Waals surface area contributed by atoms with Crippen molar-refractivity contribution < 1.29 is 68.6 Å². The largest absolute Gasteiger partial charge is 0.481 e. The molecule has 4 saturated carbocycles. The molecule has 0 heterocycles. The van der Waals surface area contributed by atoms with Crippen molar-refractivity contribution in [2.75, 3.05) is 13.1 Å². The van der Waals surface area contributed by atoms with Crippen LogP contribution in [0.3, 0.4) is 0 Å². The van der Waals surface area contributed by atoms with Crippen LogP contribution in [0.1, 0.15) is 145 Å². The van der Waals surface area contributed by atoms with Crippen LogP contribution >= 0.6 is 15.8 Å². The summed E-state index contributed by atoms with van der Waals surface area (Å²) in [4.78, 5) is 37.5. The van der Waals surface area contributed by atoms with Crippen LogP contribution in [0.25, 0.3) is 0 Å². The monoisotopic (exact) mass is 1120 g/mol. The summed E-state index contributed by atoms with van der Waals surface area (Å²) in [5.74, 6) is 2.62. The number of carbonyl (C=O) groups excluding carboxylic acids is 1. The number of nitrogens with one attached hydrogen (secondary N) is 1. The smallest absolute Gasteiger partial charge is 0.300 e. The number of carbonyl (C=O) groups is 4. The molecule has 4 aliphatic rings. The van der Waals surface area contributed by atoms with E-state index < -0.39 is 17.9 Å². The molecule has 8 rings (SSSR count). The van der Waals surface area contributed by atoms with Gasteiger partial charge in [0.05, 0.1) is 0 Å². The second-order valence-electron chi connectivity index (χ2n) is 19.9. The van der Waals surface area contributed by atoms with Gasteiger partial charge < -0.3 is 26.4 Å². The van der Waals surface area contributed by atoms with Gasteiger partial charge in [-0.05, 0) is 142 Å². The molecule has 4 unspecified atom stereocenters. The zero-order valence-electron chi connectivity index (χ0n) is 45.1. The summed E-state index contributed by atoms with van der Waals surface area (Å²) in [7, 11) is -0.448. The summed E-state index contributed by atoms with van der Waals surface area (Å²) in [6.45, 7) is 16.3. The van der Waals surface area contributed by atoms with Crippen LogP contribution in [0.4, 0.5) is 0 Å². The van der Waals surface area contributed by atoms with Gasteiger partial charge in [0, 0.05) is 68.4 Å². The van der Waals surface area contributed by atoms with Crippen LogP contribution in [-0.4, -0.2) is 63.5 Å². The number of nitrogens with two attached hydrogens (primary N) is 1. The molecule has 0 radical (unpaired) electrons. The van der Waals surface area contributed by atoms with E-state index >= 15 is 0 Å². The molecular weight excluding hydrogens is 1030 g/mol. The molecule has 1 amide bonds. The Morgan fingerprint density at radius 1 is 0.466 bits per heavy atom. The zero-order chi connectivity index (χ0) is 52.6. The van der Waals surface area contributed by atoms with Crippen molar-refractivity contribution in [1.82, 2.24) is 5.32 Å². The van der Waals surface area contributed by atoms with Gasteiger partial charge in [0.15, 0.2) is 0 Å². The molecule has 4 atom stereocenters. The minimum absolute atomic E-state index is 0. The van der Waals surface area contributed by atoms with Crippen molar-refractivity contribution >= 4 is 60.9 Å². The third-order valence-electron chi connectivity index (χ3n) is 13.5. The molecule has 4 aliphatic carbocycles. The Morgan fingerprint density at radius 2 is 0.726 bits per heavy atom. The summed E-state index contributed by atoms with van der Waals surface area (Å²) < 4.78 is 0. The van der Waals surface area contributed by atoms with Gasteiger partial charge in [-0.3, -0.25) is 19.2 Å². The van der Waals surface area contributed by atoms with Gasteiger partial charge in [-0.1, -0.05) is 188 Å². The summed E-state index contributed by atoms with van der Waals surface area (Å²) in [6.07, 6.45) is 19.4. The molecule has 6 N–H and O–H groups in total. The van der Waals surface area contributed by atoms with Crippen LogP contribution in [0.2, 0.25) is 0 Å². The van der Waals surface area contributed by atoms with Crippen LogP contribution in [0.15, 0.2) is 121 Å². The van der Waals surface area contributed by atoms with Crippen molar-refractivity contribution in [3.05, 3.63) is 121 Å². The van der Waals surface area contributed by atoms with Gasteiger partial charge in [-0.25, -0.2) is 0 Å². The van der Waals surface area contributed by atoms with Crippen molar-refractivity contribution in [2.24, 2.45) is 41.2 Å². The second kappa shape index (κ2) is 40.9. The molecule has 4 aromatic carbocycles. The van der Waals surface area contributed by atoms with E-state index in [1.54, 1.807) is 28.1 Å². The van der Waals surface area contributed by atoms with Gasteiger partial charge >= 0.3 is 0 Å². The zero-order valence-corrected chi connectivity index (χ0v) is 49.1. The van der Waals surface area contributed by atoms with Gasteiger partial charge in [0.1, 0.15) is 0 Å². The first-order valence-corrected chi connectivity index (χ1v) is 29.1. The van der Waals surface area contributed by atoms with E-state index in [0.717, 1.165) is 80.7 Å². The fourth-order valence-electron chi connectivity index (χ4n) is 10.3. The molecule has 0 aromatic heterocycles. The van der Waals surface area contributed by atoms with E-state index in [4.69, 9.17) is 35.4 Å². The minimum atomic E-state index is -0.833. The molecule has 73 heavy (non-hydrogen) atoms. The Hall–Kier alpha value is -3.38. The molecule has 13 heteroatoms. The second-order valence-corrected chi connectivity index (χ2v) is 24.8. The molecule has 0 spiro atoms. The number of carboxylic acids is 3. The molecule has 0 saturated heterocycles. The van der Waals surface area contributed by atoms with Crippen molar-refractivity contribution in [3.8, 4) is 0 Å². The summed E-state index contributed by atoms with van der Waals surface area (Å²) in [6, 6.07) is 44.9. The normalized spacial score (nSPS) is 18.6. The van der Waals surface area contributed by atoms with Crippen molar-refractivity contribution in [2.45, 2.75) is 157 Å². The van der Waals surface area contributed by atoms with Crippen LogP contribution in [0.5, 0.6) is 0 Å². The first kappa shape index (κ1) is 69.6. The number of rotatable bonds is 11. The van der Waals surface area contributed by atoms with Crippen LogP contribution in [-0.2, 0) is 53.3 Å². The van der Waals surface area contributed by atoms with E-state index in [1.165, 1.54) is 89.9 Å². The summed E-state index contributed by atoms with van der Waals surface area (Å²) >= 11 is 0. The molecule has 4 fully saturated rings. The number of carboxylic acid groups (broad SMARTS) is 3. The topological polar surface area (TPSA) is 167 Å². The quantitative estimate of drug-likeness (QED) is 0.0731. The molecule has 9 nitrogen and oxygen atoms in total. The average Bonchev–Trinajstić information content (AvgIpc) is 4.20. The number of hydrogen-bond donors (Lipinski definition) is 5. The third-order valence-corrected chi connectivity index (χ3v) is 19.5. The van der Waals surface area contributed by atoms with E-state index in [2.05, 4.69) is 154 Å². The molecule has 0 aliphatic heterocycles. The molecule has 0 bridgehead atoms. The Balaban J connectivity index is 0.000000921. The predicted octanol–water partition coefficient (Wildman–Crippen LogP) is 12.6. The van der Waals surface area contributed by atoms with Gasteiger partial charge in [0.2, 0.25) is 5.91 Å². The third kappa shape index (κ3) is 29.5. The SMILES string of the molecule is CC(=O)NCC1CCCC1.CC(=O)O.CC(=O)O.CC(=O)O.CC(C)C1CCCC1P(c1ccccc1)c1ccccc1.CC(C)C1CCCC1P(c1ccccc1)c1ccccc1.NCC1CCCC1.[Fe].[Fe]. The van der Waals surface area contributed by atoms with E-state index in [-0.39, 0.29) is 55.9 Å². The standard InChI is InChI=1S/2C20H25P.C8H15NO.C6H13N.3C2H4O2.2Fe/c2*1-16(2)19-14-9-15-20(19)21(17-10-5-3-6-11-17)18-12-7-4-8-13-18;1-7(10)9-6-8-4-2-3-5-8;7-5-6-3-1-2-4-6;3*1-2(3)4;;/h2*3-8,10-13,16,19-20H,9,14-15H2,1-2H3;8H,2-6H2,1H3,(H,9,10);6H,1-5,7H2;3*1H3,(H,3,4);;. The van der Waals surface area contributed by atoms with Crippen LogP contribution in [0, 0.1) is 35.5 Å². The predicted molar refractivity (Wildman–Crippen MR) is 302 cm³/mol. The Morgan fingerprint density at radius 3 is 0.945 bits per heavy atom.